The molecule has 0 radical (unpaired) electrons. The Balaban J connectivity index is 1.62. The van der Waals surface area contributed by atoms with Crippen LogP contribution in [-0.4, -0.2) is 32.3 Å². The summed E-state index contributed by atoms with van der Waals surface area (Å²) in [5.74, 6) is 0. The van der Waals surface area contributed by atoms with Gasteiger partial charge in [0.2, 0.25) is 0 Å². The standard InChI is InChI=1S/C14H20N2O/c1-2-12(3-1)15-13-4-6-14(7-5-13)16-8-10-17-11-9-16/h4-7,12,15H,1-3,8-11H2. The Morgan fingerprint density at radius 1 is 1.06 bits per heavy atom. The Morgan fingerprint density at radius 2 is 1.76 bits per heavy atom. The summed E-state index contributed by atoms with van der Waals surface area (Å²) in [6.07, 6.45) is 4.03. The summed E-state index contributed by atoms with van der Waals surface area (Å²) in [4.78, 5) is 2.39. The van der Waals surface area contributed by atoms with E-state index in [4.69, 9.17) is 4.74 Å². The van der Waals surface area contributed by atoms with Crippen LogP contribution in [-0.2, 0) is 4.74 Å². The van der Waals surface area contributed by atoms with Crippen LogP contribution in [0.25, 0.3) is 0 Å². The molecule has 0 amide bonds. The first-order valence-corrected chi connectivity index (χ1v) is 6.61. The van der Waals surface area contributed by atoms with E-state index in [1.54, 1.807) is 0 Å². The summed E-state index contributed by atoms with van der Waals surface area (Å²) < 4.78 is 5.37. The summed E-state index contributed by atoms with van der Waals surface area (Å²) in [5, 5.41) is 3.57. The Hall–Kier alpha value is -1.22. The molecule has 17 heavy (non-hydrogen) atoms. The van der Waals surface area contributed by atoms with E-state index in [-0.39, 0.29) is 0 Å². The largest absolute Gasteiger partial charge is 0.382 e. The molecule has 0 spiro atoms. The Morgan fingerprint density at radius 3 is 2.35 bits per heavy atom. The van der Waals surface area contributed by atoms with Crippen LogP contribution in [0, 0.1) is 0 Å². The number of rotatable bonds is 3. The molecule has 3 rings (SSSR count). The van der Waals surface area contributed by atoms with Crippen LogP contribution in [0.1, 0.15) is 19.3 Å². The minimum atomic E-state index is 0.712. The molecule has 0 aromatic heterocycles. The zero-order valence-corrected chi connectivity index (χ0v) is 10.2. The molecular weight excluding hydrogens is 212 g/mol. The van der Waals surface area contributed by atoms with Gasteiger partial charge in [0.15, 0.2) is 0 Å². The van der Waals surface area contributed by atoms with Crippen molar-refractivity contribution in [3.63, 3.8) is 0 Å². The van der Waals surface area contributed by atoms with Crippen molar-refractivity contribution >= 4 is 11.4 Å². The predicted molar refractivity (Wildman–Crippen MR) is 70.7 cm³/mol. The Bertz CT molecular complexity index is 353. The van der Waals surface area contributed by atoms with Crippen molar-refractivity contribution in [2.45, 2.75) is 25.3 Å². The van der Waals surface area contributed by atoms with Gasteiger partial charge in [-0.2, -0.15) is 0 Å². The van der Waals surface area contributed by atoms with Crippen molar-refractivity contribution in [2.24, 2.45) is 0 Å². The number of hydrogen-bond donors (Lipinski definition) is 1. The first kappa shape index (κ1) is 10.9. The number of ether oxygens (including phenoxy) is 1. The average molecular weight is 232 g/mol. The van der Waals surface area contributed by atoms with E-state index in [1.807, 2.05) is 0 Å². The van der Waals surface area contributed by atoms with Crippen LogP contribution in [0.4, 0.5) is 11.4 Å². The number of anilines is 2. The van der Waals surface area contributed by atoms with Gasteiger partial charge in [-0.1, -0.05) is 0 Å². The van der Waals surface area contributed by atoms with Crippen LogP contribution in [0.5, 0.6) is 0 Å². The topological polar surface area (TPSA) is 24.5 Å². The van der Waals surface area contributed by atoms with Gasteiger partial charge in [0.1, 0.15) is 0 Å². The van der Waals surface area contributed by atoms with Crippen LogP contribution < -0.4 is 10.2 Å². The van der Waals surface area contributed by atoms with Gasteiger partial charge in [-0.15, -0.1) is 0 Å². The lowest BCUT2D eigenvalue weighted by Crippen LogP contribution is -2.36. The van der Waals surface area contributed by atoms with E-state index < -0.39 is 0 Å². The summed E-state index contributed by atoms with van der Waals surface area (Å²) in [6.45, 7) is 3.72. The van der Waals surface area contributed by atoms with Gasteiger partial charge >= 0.3 is 0 Å². The first-order chi connectivity index (χ1) is 8.42. The van der Waals surface area contributed by atoms with Gasteiger partial charge in [0.25, 0.3) is 0 Å². The summed E-state index contributed by atoms with van der Waals surface area (Å²) in [5.41, 5.74) is 2.57. The minimum Gasteiger partial charge on any atom is -0.382 e. The molecule has 1 aromatic rings. The summed E-state index contributed by atoms with van der Waals surface area (Å²) in [6, 6.07) is 9.54. The van der Waals surface area contributed by atoms with E-state index in [2.05, 4.69) is 34.5 Å². The van der Waals surface area contributed by atoms with Gasteiger partial charge in [-0.3, -0.25) is 0 Å². The van der Waals surface area contributed by atoms with Gasteiger partial charge in [0.05, 0.1) is 13.2 Å². The van der Waals surface area contributed by atoms with E-state index in [9.17, 15) is 0 Å². The number of benzene rings is 1. The molecule has 3 nitrogen and oxygen atoms in total. The Labute approximate surface area is 103 Å². The molecule has 1 aliphatic carbocycles. The summed E-state index contributed by atoms with van der Waals surface area (Å²) in [7, 11) is 0. The van der Waals surface area contributed by atoms with Gasteiger partial charge in [0, 0.05) is 30.5 Å². The highest BCUT2D eigenvalue weighted by molar-refractivity contribution is 5.55. The van der Waals surface area contributed by atoms with Crippen LogP contribution in [0.15, 0.2) is 24.3 Å². The third kappa shape index (κ3) is 2.55. The second-order valence-electron chi connectivity index (χ2n) is 4.92. The molecule has 1 aliphatic heterocycles. The minimum absolute atomic E-state index is 0.712. The maximum atomic E-state index is 5.37. The van der Waals surface area contributed by atoms with E-state index >= 15 is 0 Å². The van der Waals surface area contributed by atoms with Crippen molar-refractivity contribution in [3.05, 3.63) is 24.3 Å². The fourth-order valence-electron chi connectivity index (χ4n) is 2.38. The third-order valence-corrected chi connectivity index (χ3v) is 3.72. The van der Waals surface area contributed by atoms with Crippen LogP contribution >= 0.6 is 0 Å². The number of hydrogen-bond acceptors (Lipinski definition) is 3. The van der Waals surface area contributed by atoms with Crippen molar-refractivity contribution in [2.75, 3.05) is 36.5 Å². The zero-order valence-electron chi connectivity index (χ0n) is 10.2. The van der Waals surface area contributed by atoms with Crippen LogP contribution in [0.3, 0.4) is 0 Å². The molecule has 3 heteroatoms. The zero-order chi connectivity index (χ0) is 11.5. The molecule has 1 N–H and O–H groups in total. The highest BCUT2D eigenvalue weighted by Crippen LogP contribution is 2.25. The quantitative estimate of drug-likeness (QED) is 0.866. The van der Waals surface area contributed by atoms with Crippen molar-refractivity contribution in [1.29, 1.82) is 0 Å². The molecule has 0 bridgehead atoms. The predicted octanol–water partition coefficient (Wildman–Crippen LogP) is 2.49. The fourth-order valence-corrected chi connectivity index (χ4v) is 2.38. The van der Waals surface area contributed by atoms with Crippen molar-refractivity contribution in [3.8, 4) is 0 Å². The molecule has 1 saturated carbocycles. The molecule has 1 saturated heterocycles. The smallest absolute Gasteiger partial charge is 0.0642 e. The van der Waals surface area contributed by atoms with Crippen molar-refractivity contribution < 1.29 is 4.74 Å². The highest BCUT2D eigenvalue weighted by atomic mass is 16.5. The first-order valence-electron chi connectivity index (χ1n) is 6.61. The monoisotopic (exact) mass is 232 g/mol. The number of nitrogens with zero attached hydrogens (tertiary/aromatic N) is 1. The second-order valence-corrected chi connectivity index (χ2v) is 4.92. The fraction of sp³-hybridized carbons (Fsp3) is 0.571. The Kier molecular flexibility index (Phi) is 3.18. The number of morpholine rings is 1. The highest BCUT2D eigenvalue weighted by Gasteiger charge is 2.17. The maximum Gasteiger partial charge on any atom is 0.0642 e. The molecule has 2 fully saturated rings. The van der Waals surface area contributed by atoms with Gasteiger partial charge in [-0.05, 0) is 43.5 Å². The molecule has 1 aromatic carbocycles. The molecule has 2 aliphatic rings. The van der Waals surface area contributed by atoms with E-state index in [0.717, 1.165) is 26.3 Å². The molecule has 1 heterocycles. The van der Waals surface area contributed by atoms with Gasteiger partial charge in [-0.25, -0.2) is 0 Å². The third-order valence-electron chi connectivity index (χ3n) is 3.72. The molecule has 0 unspecified atom stereocenters. The average Bonchev–Trinajstić information content (AvgIpc) is 2.36. The normalized spacial score (nSPS) is 21.1. The molecule has 0 atom stereocenters. The lowest BCUT2D eigenvalue weighted by molar-refractivity contribution is 0.122. The summed E-state index contributed by atoms with van der Waals surface area (Å²) >= 11 is 0. The molecular formula is C14H20N2O. The van der Waals surface area contributed by atoms with Crippen LogP contribution in [0.2, 0.25) is 0 Å². The lowest BCUT2D eigenvalue weighted by atomic mass is 9.93. The van der Waals surface area contributed by atoms with E-state index in [1.165, 1.54) is 30.6 Å². The number of nitrogens with one attached hydrogen (secondary N) is 1. The van der Waals surface area contributed by atoms with Crippen molar-refractivity contribution in [1.82, 2.24) is 0 Å². The van der Waals surface area contributed by atoms with Gasteiger partial charge < -0.3 is 15.0 Å². The van der Waals surface area contributed by atoms with E-state index in [0.29, 0.717) is 6.04 Å². The molecule has 92 valence electrons. The lowest BCUT2D eigenvalue weighted by Gasteiger charge is -2.30. The second kappa shape index (κ2) is 4.96. The SMILES string of the molecule is c1cc(N2CCOCC2)ccc1NC1CCC1. The maximum absolute atomic E-state index is 5.37.